The normalized spacial score (nSPS) is 14.9. The van der Waals surface area contributed by atoms with Crippen LogP contribution >= 0.6 is 0 Å². The molecule has 37 heavy (non-hydrogen) atoms. The molecule has 1 aromatic carbocycles. The Labute approximate surface area is 215 Å². The molecule has 1 fully saturated rings. The lowest BCUT2D eigenvalue weighted by Gasteiger charge is -2.21. The number of likely N-dealkylation sites (tertiary alicyclic amines) is 1. The predicted molar refractivity (Wildman–Crippen MR) is 142 cm³/mol. The molecule has 1 aliphatic heterocycles. The SMILES string of the molecule is CC#CC(=O)N1CCCC1c1nc(-c2ccc(C(=O)Nc3cc(CC)ccn3)cc2)c2c(C)nccn12. The first-order valence-corrected chi connectivity index (χ1v) is 12.4. The molecule has 2 amide bonds. The minimum absolute atomic E-state index is 0.159. The summed E-state index contributed by atoms with van der Waals surface area (Å²) >= 11 is 0. The van der Waals surface area contributed by atoms with Gasteiger partial charge in [-0.05, 0) is 68.9 Å². The molecule has 0 saturated carbocycles. The number of amides is 2. The van der Waals surface area contributed by atoms with Gasteiger partial charge in [0.05, 0.1) is 22.9 Å². The molecule has 4 aromatic rings. The number of carbonyl (C=O) groups is 2. The molecule has 5 rings (SSSR count). The Bertz CT molecular complexity index is 1540. The predicted octanol–water partition coefficient (Wildman–Crippen LogP) is 4.60. The third-order valence-electron chi connectivity index (χ3n) is 6.70. The number of fused-ring (bicyclic) bond motifs is 1. The van der Waals surface area contributed by atoms with E-state index in [1.165, 1.54) is 0 Å². The molecule has 1 unspecified atom stereocenters. The van der Waals surface area contributed by atoms with E-state index in [2.05, 4.69) is 34.0 Å². The smallest absolute Gasteiger partial charge is 0.299 e. The van der Waals surface area contributed by atoms with Crippen LogP contribution < -0.4 is 5.32 Å². The standard InChI is InChI=1S/C29H28N6O2/c1-4-7-25(36)34-16-6-8-23(34)28-33-26(27-19(3)30-15-17-35(27)28)21-9-11-22(12-10-21)29(37)32-24-18-20(5-2)13-14-31-24/h9-15,17-18,23H,5-6,8,16H2,1-3H3,(H,31,32,37). The number of rotatable bonds is 5. The van der Waals surface area contributed by atoms with E-state index in [-0.39, 0.29) is 17.9 Å². The molecule has 0 bridgehead atoms. The third-order valence-corrected chi connectivity index (χ3v) is 6.70. The minimum Gasteiger partial charge on any atom is -0.322 e. The van der Waals surface area contributed by atoms with Gasteiger partial charge in [0.25, 0.3) is 11.8 Å². The van der Waals surface area contributed by atoms with Gasteiger partial charge in [0.2, 0.25) is 0 Å². The van der Waals surface area contributed by atoms with Gasteiger partial charge >= 0.3 is 0 Å². The molecule has 1 N–H and O–H groups in total. The molecule has 4 heterocycles. The lowest BCUT2D eigenvalue weighted by molar-refractivity contribution is -0.126. The van der Waals surface area contributed by atoms with Crippen molar-refractivity contribution in [1.29, 1.82) is 0 Å². The number of anilines is 1. The Morgan fingerprint density at radius 1 is 1.14 bits per heavy atom. The fraction of sp³-hybridized carbons (Fsp3) is 0.276. The molecular weight excluding hydrogens is 464 g/mol. The first kappa shape index (κ1) is 24.2. The fourth-order valence-electron chi connectivity index (χ4n) is 4.84. The molecule has 8 nitrogen and oxygen atoms in total. The summed E-state index contributed by atoms with van der Waals surface area (Å²) in [5, 5.41) is 2.87. The highest BCUT2D eigenvalue weighted by atomic mass is 16.2. The van der Waals surface area contributed by atoms with E-state index >= 15 is 0 Å². The number of imidazole rings is 1. The molecule has 3 aromatic heterocycles. The van der Waals surface area contributed by atoms with Crippen molar-refractivity contribution in [2.75, 3.05) is 11.9 Å². The highest BCUT2D eigenvalue weighted by Crippen LogP contribution is 2.35. The number of nitrogens with zero attached hydrogens (tertiary/aromatic N) is 5. The summed E-state index contributed by atoms with van der Waals surface area (Å²) in [5.74, 6) is 6.31. The van der Waals surface area contributed by atoms with E-state index < -0.39 is 0 Å². The summed E-state index contributed by atoms with van der Waals surface area (Å²) in [4.78, 5) is 41.0. The topological polar surface area (TPSA) is 92.5 Å². The number of aromatic nitrogens is 4. The summed E-state index contributed by atoms with van der Waals surface area (Å²) in [6, 6.07) is 11.0. The number of hydrogen-bond donors (Lipinski definition) is 1. The molecule has 0 aliphatic carbocycles. The number of benzene rings is 1. The van der Waals surface area contributed by atoms with Gasteiger partial charge in [-0.15, -0.1) is 0 Å². The lowest BCUT2D eigenvalue weighted by Crippen LogP contribution is -2.30. The van der Waals surface area contributed by atoms with Gasteiger partial charge in [-0.25, -0.2) is 9.97 Å². The van der Waals surface area contributed by atoms with Crippen molar-refractivity contribution in [3.05, 3.63) is 77.6 Å². The van der Waals surface area contributed by atoms with Crippen molar-refractivity contribution in [2.24, 2.45) is 0 Å². The van der Waals surface area contributed by atoms with Gasteiger partial charge in [-0.2, -0.15) is 0 Å². The largest absolute Gasteiger partial charge is 0.322 e. The number of nitrogens with one attached hydrogen (secondary N) is 1. The van der Waals surface area contributed by atoms with Gasteiger partial charge in [0, 0.05) is 36.3 Å². The second kappa shape index (κ2) is 10.2. The van der Waals surface area contributed by atoms with Gasteiger partial charge < -0.3 is 10.2 Å². The zero-order valence-electron chi connectivity index (χ0n) is 21.2. The van der Waals surface area contributed by atoms with E-state index in [4.69, 9.17) is 4.98 Å². The maximum Gasteiger partial charge on any atom is 0.299 e. The molecule has 0 radical (unpaired) electrons. The molecular formula is C29H28N6O2. The van der Waals surface area contributed by atoms with Crippen LogP contribution in [0.15, 0.2) is 55.0 Å². The molecule has 1 atom stereocenters. The van der Waals surface area contributed by atoms with Crippen LogP contribution in [-0.4, -0.2) is 42.6 Å². The number of aryl methyl sites for hydroxylation is 2. The Hall–Kier alpha value is -4.51. The van der Waals surface area contributed by atoms with Crippen molar-refractivity contribution in [2.45, 2.75) is 46.1 Å². The van der Waals surface area contributed by atoms with Crippen LogP contribution in [0.4, 0.5) is 5.82 Å². The first-order chi connectivity index (χ1) is 18.0. The van der Waals surface area contributed by atoms with Crippen LogP contribution in [-0.2, 0) is 11.2 Å². The Morgan fingerprint density at radius 3 is 2.70 bits per heavy atom. The lowest BCUT2D eigenvalue weighted by atomic mass is 10.1. The van der Waals surface area contributed by atoms with E-state index in [0.29, 0.717) is 17.9 Å². The summed E-state index contributed by atoms with van der Waals surface area (Å²) in [6.07, 6.45) is 7.93. The summed E-state index contributed by atoms with van der Waals surface area (Å²) < 4.78 is 2.03. The minimum atomic E-state index is -0.224. The summed E-state index contributed by atoms with van der Waals surface area (Å²) in [5.41, 5.74) is 4.99. The Kier molecular flexibility index (Phi) is 6.69. The van der Waals surface area contributed by atoms with Crippen LogP contribution in [0.3, 0.4) is 0 Å². The number of pyridine rings is 1. The number of carbonyl (C=O) groups excluding carboxylic acids is 2. The van der Waals surface area contributed by atoms with Gasteiger partial charge in [-0.3, -0.25) is 19.0 Å². The maximum atomic E-state index is 12.8. The van der Waals surface area contributed by atoms with Crippen molar-refractivity contribution in [1.82, 2.24) is 24.3 Å². The van der Waals surface area contributed by atoms with Crippen LogP contribution in [0.1, 0.15) is 60.2 Å². The van der Waals surface area contributed by atoms with Crippen LogP contribution in [0.2, 0.25) is 0 Å². The average molecular weight is 493 g/mol. The van der Waals surface area contributed by atoms with E-state index in [1.54, 1.807) is 36.4 Å². The average Bonchev–Trinajstić information content (AvgIpc) is 3.55. The van der Waals surface area contributed by atoms with Crippen molar-refractivity contribution >= 4 is 23.1 Å². The quantitative estimate of drug-likeness (QED) is 0.411. The van der Waals surface area contributed by atoms with Crippen molar-refractivity contribution in [3.63, 3.8) is 0 Å². The van der Waals surface area contributed by atoms with Crippen LogP contribution in [0.5, 0.6) is 0 Å². The van der Waals surface area contributed by atoms with Crippen LogP contribution in [0, 0.1) is 18.8 Å². The Morgan fingerprint density at radius 2 is 1.95 bits per heavy atom. The van der Waals surface area contributed by atoms with Crippen molar-refractivity contribution < 1.29 is 9.59 Å². The van der Waals surface area contributed by atoms with Crippen molar-refractivity contribution in [3.8, 4) is 23.1 Å². The molecule has 8 heteroatoms. The monoisotopic (exact) mass is 492 g/mol. The highest BCUT2D eigenvalue weighted by Gasteiger charge is 2.33. The summed E-state index contributed by atoms with van der Waals surface area (Å²) in [6.45, 7) is 6.34. The third kappa shape index (κ3) is 4.68. The van der Waals surface area contributed by atoms with E-state index in [0.717, 1.165) is 53.1 Å². The highest BCUT2D eigenvalue weighted by molar-refractivity contribution is 6.04. The summed E-state index contributed by atoms with van der Waals surface area (Å²) in [7, 11) is 0. The zero-order valence-corrected chi connectivity index (χ0v) is 21.2. The van der Waals surface area contributed by atoms with Gasteiger partial charge in [0.1, 0.15) is 11.6 Å². The Balaban J connectivity index is 1.48. The first-order valence-electron chi connectivity index (χ1n) is 12.4. The van der Waals surface area contributed by atoms with Crippen LogP contribution in [0.25, 0.3) is 16.8 Å². The molecule has 1 aliphatic rings. The zero-order chi connectivity index (χ0) is 25.9. The second-order valence-electron chi connectivity index (χ2n) is 9.02. The molecule has 186 valence electrons. The molecule has 1 saturated heterocycles. The van der Waals surface area contributed by atoms with E-state index in [1.807, 2.05) is 41.8 Å². The number of hydrogen-bond acceptors (Lipinski definition) is 5. The van der Waals surface area contributed by atoms with Gasteiger partial charge in [-0.1, -0.05) is 25.0 Å². The molecule has 0 spiro atoms. The van der Waals surface area contributed by atoms with E-state index in [9.17, 15) is 9.59 Å². The second-order valence-corrected chi connectivity index (χ2v) is 9.02. The van der Waals surface area contributed by atoms with Gasteiger partial charge in [0.15, 0.2) is 0 Å². The fourth-order valence-corrected chi connectivity index (χ4v) is 4.84. The maximum absolute atomic E-state index is 12.8.